The van der Waals surface area contributed by atoms with Gasteiger partial charge in [-0.1, -0.05) is 43.7 Å². The molecule has 1 unspecified atom stereocenters. The van der Waals surface area contributed by atoms with E-state index in [0.717, 1.165) is 32.4 Å². The molecule has 1 aromatic carbocycles. The first-order valence-corrected chi connectivity index (χ1v) is 7.23. The Labute approximate surface area is 115 Å². The molecule has 0 spiro atoms. The number of morpholine rings is 1. The molecule has 3 heteroatoms. The monoisotopic (exact) mass is 261 g/mol. The van der Waals surface area contributed by atoms with Gasteiger partial charge in [-0.05, 0) is 12.0 Å². The van der Waals surface area contributed by atoms with Crippen molar-refractivity contribution >= 4 is 5.91 Å². The first kappa shape index (κ1) is 14.1. The highest BCUT2D eigenvalue weighted by molar-refractivity contribution is 5.76. The number of hydrogen-bond acceptors (Lipinski definition) is 2. The van der Waals surface area contributed by atoms with Gasteiger partial charge in [0.05, 0.1) is 12.7 Å². The highest BCUT2D eigenvalue weighted by Crippen LogP contribution is 2.13. The number of rotatable bonds is 5. The number of carbonyl (C=O) groups is 1. The van der Waals surface area contributed by atoms with Crippen LogP contribution in [0.15, 0.2) is 30.3 Å². The van der Waals surface area contributed by atoms with Crippen molar-refractivity contribution < 1.29 is 9.53 Å². The minimum absolute atomic E-state index is 0.140. The molecule has 0 saturated carbocycles. The lowest BCUT2D eigenvalue weighted by Crippen LogP contribution is -2.46. The average Bonchev–Trinajstić information content (AvgIpc) is 2.46. The Morgan fingerprint density at radius 2 is 2.16 bits per heavy atom. The number of carbonyl (C=O) groups excluding carboxylic acids is 1. The van der Waals surface area contributed by atoms with Gasteiger partial charge in [0.25, 0.3) is 0 Å². The third-order valence-electron chi connectivity index (χ3n) is 3.54. The van der Waals surface area contributed by atoms with Crippen LogP contribution in [0.4, 0.5) is 0 Å². The van der Waals surface area contributed by atoms with Crippen LogP contribution in [0.25, 0.3) is 0 Å². The second kappa shape index (κ2) is 7.29. The van der Waals surface area contributed by atoms with Crippen LogP contribution in [0.1, 0.15) is 31.7 Å². The van der Waals surface area contributed by atoms with E-state index in [9.17, 15) is 4.79 Å². The van der Waals surface area contributed by atoms with Crippen molar-refractivity contribution in [1.82, 2.24) is 4.90 Å². The summed E-state index contributed by atoms with van der Waals surface area (Å²) in [5, 5.41) is 0. The minimum Gasteiger partial charge on any atom is -0.374 e. The van der Waals surface area contributed by atoms with Crippen molar-refractivity contribution in [3.8, 4) is 0 Å². The zero-order chi connectivity index (χ0) is 13.5. The lowest BCUT2D eigenvalue weighted by Gasteiger charge is -2.33. The first-order valence-electron chi connectivity index (χ1n) is 7.23. The smallest absolute Gasteiger partial charge is 0.222 e. The van der Waals surface area contributed by atoms with Crippen LogP contribution in [0.5, 0.6) is 0 Å². The fraction of sp³-hybridized carbons (Fsp3) is 0.562. The summed E-state index contributed by atoms with van der Waals surface area (Å²) < 4.78 is 5.77. The molecule has 2 rings (SSSR count). The van der Waals surface area contributed by atoms with Gasteiger partial charge in [0, 0.05) is 25.9 Å². The van der Waals surface area contributed by atoms with E-state index in [0.29, 0.717) is 13.0 Å². The van der Waals surface area contributed by atoms with Gasteiger partial charge in [-0.25, -0.2) is 0 Å². The molecular formula is C16H23NO2. The fourth-order valence-corrected chi connectivity index (χ4v) is 2.43. The highest BCUT2D eigenvalue weighted by atomic mass is 16.5. The molecule has 0 radical (unpaired) electrons. The Morgan fingerprint density at radius 1 is 1.37 bits per heavy atom. The molecule has 1 fully saturated rings. The van der Waals surface area contributed by atoms with Crippen molar-refractivity contribution in [3.05, 3.63) is 35.9 Å². The van der Waals surface area contributed by atoms with Gasteiger partial charge in [0.1, 0.15) is 0 Å². The van der Waals surface area contributed by atoms with E-state index >= 15 is 0 Å². The van der Waals surface area contributed by atoms with E-state index in [1.54, 1.807) is 0 Å². The number of hydrogen-bond donors (Lipinski definition) is 0. The average molecular weight is 261 g/mol. The van der Waals surface area contributed by atoms with Crippen molar-refractivity contribution in [2.75, 3.05) is 19.7 Å². The van der Waals surface area contributed by atoms with Gasteiger partial charge in [-0.3, -0.25) is 4.79 Å². The maximum atomic E-state index is 12.0. The molecule has 0 aliphatic carbocycles. The Morgan fingerprint density at radius 3 is 2.89 bits per heavy atom. The van der Waals surface area contributed by atoms with Crippen LogP contribution in [0.3, 0.4) is 0 Å². The van der Waals surface area contributed by atoms with E-state index in [2.05, 4.69) is 19.1 Å². The molecule has 1 saturated heterocycles. The molecule has 19 heavy (non-hydrogen) atoms. The molecule has 0 bridgehead atoms. The van der Waals surface area contributed by atoms with Gasteiger partial charge in [0.2, 0.25) is 5.91 Å². The summed E-state index contributed by atoms with van der Waals surface area (Å²) in [4.78, 5) is 14.0. The standard InChI is InChI=1S/C16H23NO2/c1-2-3-9-16(18)17-10-11-19-15(13-17)12-14-7-5-4-6-8-14/h4-8,15H,2-3,9-13H2,1H3. The predicted octanol–water partition coefficient (Wildman–Crippen LogP) is 2.65. The van der Waals surface area contributed by atoms with Crippen LogP contribution >= 0.6 is 0 Å². The quantitative estimate of drug-likeness (QED) is 0.815. The van der Waals surface area contributed by atoms with Crippen LogP contribution in [-0.4, -0.2) is 36.6 Å². The van der Waals surface area contributed by atoms with Crippen LogP contribution in [0.2, 0.25) is 0 Å². The van der Waals surface area contributed by atoms with E-state index in [1.165, 1.54) is 5.56 Å². The summed E-state index contributed by atoms with van der Waals surface area (Å²) in [6, 6.07) is 10.3. The SMILES string of the molecule is CCCCC(=O)N1CCOC(Cc2ccccc2)C1. The molecule has 3 nitrogen and oxygen atoms in total. The van der Waals surface area contributed by atoms with Gasteiger partial charge in [-0.15, -0.1) is 0 Å². The summed E-state index contributed by atoms with van der Waals surface area (Å²) >= 11 is 0. The van der Waals surface area contributed by atoms with Crippen LogP contribution < -0.4 is 0 Å². The van der Waals surface area contributed by atoms with E-state index in [-0.39, 0.29) is 12.0 Å². The summed E-state index contributed by atoms with van der Waals surface area (Å²) in [6.07, 6.45) is 3.76. The third-order valence-corrected chi connectivity index (χ3v) is 3.54. The number of benzene rings is 1. The van der Waals surface area contributed by atoms with Crippen molar-refractivity contribution in [2.24, 2.45) is 0 Å². The topological polar surface area (TPSA) is 29.5 Å². The molecule has 1 atom stereocenters. The van der Waals surface area contributed by atoms with E-state index in [1.807, 2.05) is 23.1 Å². The zero-order valence-electron chi connectivity index (χ0n) is 11.7. The molecular weight excluding hydrogens is 238 g/mol. The summed E-state index contributed by atoms with van der Waals surface area (Å²) in [6.45, 7) is 4.26. The third kappa shape index (κ3) is 4.35. The lowest BCUT2D eigenvalue weighted by molar-refractivity contribution is -0.138. The molecule has 104 valence electrons. The number of unbranched alkanes of at least 4 members (excludes halogenated alkanes) is 1. The molecule has 0 N–H and O–H groups in total. The minimum atomic E-state index is 0.140. The van der Waals surface area contributed by atoms with Crippen molar-refractivity contribution in [1.29, 1.82) is 0 Å². The Bertz CT molecular complexity index is 391. The predicted molar refractivity (Wildman–Crippen MR) is 76.0 cm³/mol. The zero-order valence-corrected chi connectivity index (χ0v) is 11.7. The Hall–Kier alpha value is -1.35. The normalized spacial score (nSPS) is 19.4. The Kier molecular flexibility index (Phi) is 5.40. The van der Waals surface area contributed by atoms with Crippen molar-refractivity contribution in [2.45, 2.75) is 38.7 Å². The second-order valence-corrected chi connectivity index (χ2v) is 5.13. The number of nitrogens with zero attached hydrogens (tertiary/aromatic N) is 1. The van der Waals surface area contributed by atoms with Gasteiger partial charge in [-0.2, -0.15) is 0 Å². The van der Waals surface area contributed by atoms with Gasteiger partial charge < -0.3 is 9.64 Å². The lowest BCUT2D eigenvalue weighted by atomic mass is 10.1. The summed E-state index contributed by atoms with van der Waals surface area (Å²) in [5.41, 5.74) is 1.27. The molecule has 1 aliphatic rings. The van der Waals surface area contributed by atoms with Gasteiger partial charge in [0.15, 0.2) is 0 Å². The number of ether oxygens (including phenoxy) is 1. The molecule has 1 aromatic rings. The number of amides is 1. The maximum Gasteiger partial charge on any atom is 0.222 e. The molecule has 1 amide bonds. The van der Waals surface area contributed by atoms with Crippen LogP contribution in [0, 0.1) is 0 Å². The molecule has 0 aromatic heterocycles. The van der Waals surface area contributed by atoms with Crippen molar-refractivity contribution in [3.63, 3.8) is 0 Å². The first-order chi connectivity index (χ1) is 9.29. The largest absolute Gasteiger partial charge is 0.374 e. The second-order valence-electron chi connectivity index (χ2n) is 5.13. The molecule has 1 heterocycles. The molecule has 1 aliphatic heterocycles. The van der Waals surface area contributed by atoms with Gasteiger partial charge >= 0.3 is 0 Å². The summed E-state index contributed by atoms with van der Waals surface area (Å²) in [7, 11) is 0. The van der Waals surface area contributed by atoms with E-state index < -0.39 is 0 Å². The highest BCUT2D eigenvalue weighted by Gasteiger charge is 2.23. The van der Waals surface area contributed by atoms with E-state index in [4.69, 9.17) is 4.74 Å². The Balaban J connectivity index is 1.85. The summed E-state index contributed by atoms with van der Waals surface area (Å²) in [5.74, 6) is 0.281. The maximum absolute atomic E-state index is 12.0. The van der Waals surface area contributed by atoms with Crippen LogP contribution in [-0.2, 0) is 16.0 Å². The fourth-order valence-electron chi connectivity index (χ4n) is 2.43.